The molecule has 0 aliphatic carbocycles. The predicted molar refractivity (Wildman–Crippen MR) is 82.3 cm³/mol. The molecule has 0 aliphatic rings. The number of carbonyl (C=O) groups is 2. The lowest BCUT2D eigenvalue weighted by Gasteiger charge is -2.04. The van der Waals surface area contributed by atoms with E-state index in [1.165, 1.54) is 5.56 Å². The first-order chi connectivity index (χ1) is 10.2. The van der Waals surface area contributed by atoms with Crippen LogP contribution in [0.5, 0.6) is 0 Å². The number of carbonyl (C=O) groups excluding carboxylic acids is 2. The molecule has 108 valence electrons. The highest BCUT2D eigenvalue weighted by atomic mass is 16.2. The number of aromatic nitrogens is 1. The summed E-state index contributed by atoms with van der Waals surface area (Å²) in [4.78, 5) is 27.8. The van der Waals surface area contributed by atoms with E-state index in [0.717, 1.165) is 6.42 Å². The van der Waals surface area contributed by atoms with Gasteiger partial charge in [0, 0.05) is 24.6 Å². The van der Waals surface area contributed by atoms with Crippen LogP contribution in [0.1, 0.15) is 35.7 Å². The maximum absolute atomic E-state index is 12.0. The van der Waals surface area contributed by atoms with E-state index in [9.17, 15) is 9.59 Å². The van der Waals surface area contributed by atoms with Gasteiger partial charge in [-0.25, -0.2) is 4.98 Å². The molecule has 1 N–H and O–H groups in total. The van der Waals surface area contributed by atoms with Gasteiger partial charge >= 0.3 is 0 Å². The van der Waals surface area contributed by atoms with Crippen molar-refractivity contribution in [2.24, 2.45) is 0 Å². The lowest BCUT2D eigenvalue weighted by Crippen LogP contribution is -2.14. The van der Waals surface area contributed by atoms with E-state index in [1.54, 1.807) is 24.4 Å². The minimum Gasteiger partial charge on any atom is -0.311 e. The number of rotatable bonds is 6. The van der Waals surface area contributed by atoms with Crippen LogP contribution in [-0.4, -0.2) is 16.7 Å². The fourth-order valence-corrected chi connectivity index (χ4v) is 1.94. The Hall–Kier alpha value is -2.49. The number of aryl methyl sites for hydroxylation is 1. The quantitative estimate of drug-likeness (QED) is 0.827. The Morgan fingerprint density at radius 1 is 1.05 bits per heavy atom. The van der Waals surface area contributed by atoms with Gasteiger partial charge in [0.05, 0.1) is 0 Å². The zero-order chi connectivity index (χ0) is 15.1. The lowest BCUT2D eigenvalue weighted by molar-refractivity contribution is -0.116. The molecule has 0 unspecified atom stereocenters. The highest BCUT2D eigenvalue weighted by Gasteiger charge is 2.09. The molecule has 2 rings (SSSR count). The summed E-state index contributed by atoms with van der Waals surface area (Å²) in [5.74, 6) is 0.281. The van der Waals surface area contributed by atoms with Crippen LogP contribution in [0.25, 0.3) is 0 Å². The first-order valence-corrected chi connectivity index (χ1v) is 7.02. The van der Waals surface area contributed by atoms with E-state index in [4.69, 9.17) is 0 Å². The highest BCUT2D eigenvalue weighted by Crippen LogP contribution is 2.09. The number of hydrogen-bond acceptors (Lipinski definition) is 3. The number of benzene rings is 1. The van der Waals surface area contributed by atoms with Crippen molar-refractivity contribution in [2.45, 2.75) is 26.2 Å². The van der Waals surface area contributed by atoms with E-state index < -0.39 is 0 Å². The molecule has 0 atom stereocenters. The minimum absolute atomic E-state index is 0.0196. The van der Waals surface area contributed by atoms with E-state index in [0.29, 0.717) is 11.4 Å². The van der Waals surface area contributed by atoms with Crippen molar-refractivity contribution in [1.29, 1.82) is 0 Å². The first kappa shape index (κ1) is 14.9. The van der Waals surface area contributed by atoms with Crippen LogP contribution >= 0.6 is 0 Å². The number of anilines is 1. The Bertz CT molecular complexity index is 606. The van der Waals surface area contributed by atoms with Crippen LogP contribution in [0.4, 0.5) is 5.82 Å². The van der Waals surface area contributed by atoms with Crippen molar-refractivity contribution in [3.8, 4) is 0 Å². The molecule has 0 bridgehead atoms. The molecular formula is C17H18N2O2. The largest absolute Gasteiger partial charge is 0.311 e. The Labute approximate surface area is 124 Å². The third-order valence-electron chi connectivity index (χ3n) is 3.20. The molecule has 0 saturated heterocycles. The van der Waals surface area contributed by atoms with Gasteiger partial charge in [0.1, 0.15) is 5.82 Å². The molecule has 2 aromatic rings. The Balaban J connectivity index is 1.84. The Kier molecular flexibility index (Phi) is 5.21. The number of pyridine rings is 1. The summed E-state index contributed by atoms with van der Waals surface area (Å²) in [6, 6.07) is 12.8. The molecule has 1 aromatic carbocycles. The van der Waals surface area contributed by atoms with Gasteiger partial charge in [0.15, 0.2) is 5.78 Å². The van der Waals surface area contributed by atoms with Crippen molar-refractivity contribution in [3.05, 3.63) is 59.8 Å². The summed E-state index contributed by atoms with van der Waals surface area (Å²) in [6.45, 7) is 2.07. The van der Waals surface area contributed by atoms with Gasteiger partial charge in [-0.15, -0.1) is 0 Å². The molecule has 1 amide bonds. The van der Waals surface area contributed by atoms with Gasteiger partial charge in [0.25, 0.3) is 0 Å². The minimum atomic E-state index is -0.202. The van der Waals surface area contributed by atoms with E-state index in [2.05, 4.69) is 17.2 Å². The van der Waals surface area contributed by atoms with Crippen molar-refractivity contribution < 1.29 is 9.59 Å². The molecule has 21 heavy (non-hydrogen) atoms. The van der Waals surface area contributed by atoms with Crippen LogP contribution in [0.3, 0.4) is 0 Å². The van der Waals surface area contributed by atoms with E-state index >= 15 is 0 Å². The van der Waals surface area contributed by atoms with Crippen molar-refractivity contribution in [2.75, 3.05) is 5.32 Å². The molecule has 0 fully saturated rings. The van der Waals surface area contributed by atoms with Gasteiger partial charge < -0.3 is 5.32 Å². The van der Waals surface area contributed by atoms with Crippen LogP contribution in [0.15, 0.2) is 48.7 Å². The number of ketones is 1. The number of Topliss-reactive ketones (excluding diaryl/α,β-unsaturated/α-hetero) is 1. The van der Waals surface area contributed by atoms with Crippen molar-refractivity contribution >= 4 is 17.5 Å². The van der Waals surface area contributed by atoms with E-state index in [1.807, 2.05) is 24.3 Å². The molecule has 4 nitrogen and oxygen atoms in total. The summed E-state index contributed by atoms with van der Waals surface area (Å²) >= 11 is 0. The average molecular weight is 282 g/mol. The molecule has 4 heteroatoms. The third-order valence-corrected chi connectivity index (χ3v) is 3.20. The summed E-state index contributed by atoms with van der Waals surface area (Å²) in [5.41, 5.74) is 1.84. The normalized spacial score (nSPS) is 10.1. The maximum Gasteiger partial charge on any atom is 0.225 e. The molecule has 0 saturated carbocycles. The number of nitrogens with one attached hydrogen (secondary N) is 1. The number of nitrogens with zero attached hydrogens (tertiary/aromatic N) is 1. The third kappa shape index (κ3) is 4.53. The highest BCUT2D eigenvalue weighted by molar-refractivity contribution is 5.99. The topological polar surface area (TPSA) is 59.1 Å². The molecule has 0 aliphatic heterocycles. The van der Waals surface area contributed by atoms with Gasteiger partial charge in [-0.2, -0.15) is 0 Å². The second kappa shape index (κ2) is 7.33. The first-order valence-electron chi connectivity index (χ1n) is 7.02. The maximum atomic E-state index is 12.0. The van der Waals surface area contributed by atoms with Crippen molar-refractivity contribution in [1.82, 2.24) is 4.98 Å². The molecule has 0 spiro atoms. The summed E-state index contributed by atoms with van der Waals surface area (Å²) < 4.78 is 0. The second-order valence-corrected chi connectivity index (χ2v) is 4.74. The van der Waals surface area contributed by atoms with Crippen LogP contribution in [0.2, 0.25) is 0 Å². The molecule has 1 aromatic heterocycles. The smallest absolute Gasteiger partial charge is 0.225 e. The zero-order valence-electron chi connectivity index (χ0n) is 12.0. The fraction of sp³-hybridized carbons (Fsp3) is 0.235. The zero-order valence-corrected chi connectivity index (χ0v) is 12.0. The molecule has 1 heterocycles. The predicted octanol–water partition coefficient (Wildman–Crippen LogP) is 3.25. The summed E-state index contributed by atoms with van der Waals surface area (Å²) in [5, 5.41) is 2.66. The van der Waals surface area contributed by atoms with Gasteiger partial charge in [-0.3, -0.25) is 9.59 Å². The molecule has 0 radical (unpaired) electrons. The van der Waals surface area contributed by atoms with Gasteiger partial charge in [-0.1, -0.05) is 37.3 Å². The SMILES string of the molecule is CCc1ccc(C(=O)CCC(=O)Nc2ccccn2)cc1. The fourth-order valence-electron chi connectivity index (χ4n) is 1.94. The molecular weight excluding hydrogens is 264 g/mol. The standard InChI is InChI=1S/C17H18N2O2/c1-2-13-6-8-14(9-7-13)15(20)10-11-17(21)19-16-5-3-4-12-18-16/h3-9,12H,2,10-11H2,1H3,(H,18,19,21). The van der Waals surface area contributed by atoms with Crippen LogP contribution in [-0.2, 0) is 11.2 Å². The van der Waals surface area contributed by atoms with Crippen molar-refractivity contribution in [3.63, 3.8) is 0 Å². The number of hydrogen-bond donors (Lipinski definition) is 1. The average Bonchev–Trinajstić information content (AvgIpc) is 2.53. The van der Waals surface area contributed by atoms with Gasteiger partial charge in [0.2, 0.25) is 5.91 Å². The Morgan fingerprint density at radius 3 is 2.43 bits per heavy atom. The monoisotopic (exact) mass is 282 g/mol. The number of amides is 1. The van der Waals surface area contributed by atoms with E-state index in [-0.39, 0.29) is 24.5 Å². The van der Waals surface area contributed by atoms with Gasteiger partial charge in [-0.05, 0) is 24.1 Å². The Morgan fingerprint density at radius 2 is 1.81 bits per heavy atom. The summed E-state index contributed by atoms with van der Waals surface area (Å²) in [7, 11) is 0. The van der Waals surface area contributed by atoms with Crippen LogP contribution < -0.4 is 5.32 Å². The van der Waals surface area contributed by atoms with Crippen LogP contribution in [0, 0.1) is 0 Å². The summed E-state index contributed by atoms with van der Waals surface area (Å²) in [6.07, 6.45) is 2.91. The lowest BCUT2D eigenvalue weighted by atomic mass is 10.0. The second-order valence-electron chi connectivity index (χ2n) is 4.74.